The van der Waals surface area contributed by atoms with Gasteiger partial charge in [0.2, 0.25) is 0 Å². The summed E-state index contributed by atoms with van der Waals surface area (Å²) in [5, 5.41) is 0. The zero-order chi connectivity index (χ0) is 18.4. The summed E-state index contributed by atoms with van der Waals surface area (Å²) >= 11 is 0. The molecule has 0 fully saturated rings. The fourth-order valence-electron chi connectivity index (χ4n) is 3.78. The number of aryl methyl sites for hydroxylation is 2. The third kappa shape index (κ3) is 5.35. The van der Waals surface area contributed by atoms with Gasteiger partial charge in [0.05, 0.1) is 0 Å². The van der Waals surface area contributed by atoms with Crippen LogP contribution in [0.5, 0.6) is 0 Å². The van der Waals surface area contributed by atoms with Crippen molar-refractivity contribution in [3.05, 3.63) is 58.7 Å². The second-order valence-electron chi connectivity index (χ2n) is 7.69. The lowest BCUT2D eigenvalue weighted by molar-refractivity contribution is 0.170. The van der Waals surface area contributed by atoms with Crippen molar-refractivity contribution in [1.82, 2.24) is 4.90 Å². The molecule has 0 spiro atoms. The Labute approximate surface area is 154 Å². The summed E-state index contributed by atoms with van der Waals surface area (Å²) in [6.45, 7) is 14.7. The van der Waals surface area contributed by atoms with Crippen molar-refractivity contribution < 1.29 is 0 Å². The van der Waals surface area contributed by atoms with Gasteiger partial charge in [-0.3, -0.25) is 4.90 Å². The van der Waals surface area contributed by atoms with Crippen LogP contribution in [0.15, 0.2) is 42.0 Å². The van der Waals surface area contributed by atoms with Gasteiger partial charge < -0.3 is 0 Å². The first-order chi connectivity index (χ1) is 11.9. The summed E-state index contributed by atoms with van der Waals surface area (Å²) in [4.78, 5) is 2.59. The fraction of sp³-hybridized carbons (Fsp3) is 0.500. The average molecular weight is 336 g/mol. The summed E-state index contributed by atoms with van der Waals surface area (Å²) in [5.74, 6) is 6.73. The second kappa shape index (κ2) is 9.07. The van der Waals surface area contributed by atoms with E-state index in [1.165, 1.54) is 22.3 Å². The van der Waals surface area contributed by atoms with E-state index in [2.05, 4.69) is 88.6 Å². The first-order valence-corrected chi connectivity index (χ1v) is 9.58. The van der Waals surface area contributed by atoms with Crippen LogP contribution in [0.3, 0.4) is 0 Å². The first-order valence-electron chi connectivity index (χ1n) is 9.58. The highest BCUT2D eigenvalue weighted by atomic mass is 15.2. The van der Waals surface area contributed by atoms with E-state index < -0.39 is 0 Å². The molecule has 25 heavy (non-hydrogen) atoms. The molecule has 0 radical (unpaired) electrons. The molecular formula is C24H33N. The number of nitrogens with zero attached hydrogens (tertiary/aromatic N) is 1. The van der Waals surface area contributed by atoms with Crippen LogP contribution >= 0.6 is 0 Å². The first kappa shape index (κ1) is 19.5. The minimum Gasteiger partial charge on any atom is -0.299 e. The molecule has 2 rings (SSSR count). The van der Waals surface area contributed by atoms with Crippen molar-refractivity contribution in [2.45, 2.75) is 72.4 Å². The Morgan fingerprint density at radius 3 is 2.48 bits per heavy atom. The second-order valence-corrected chi connectivity index (χ2v) is 7.69. The molecule has 0 saturated carbocycles. The van der Waals surface area contributed by atoms with E-state index in [9.17, 15) is 0 Å². The van der Waals surface area contributed by atoms with Crippen LogP contribution in [0, 0.1) is 25.7 Å². The monoisotopic (exact) mass is 335 g/mol. The van der Waals surface area contributed by atoms with E-state index >= 15 is 0 Å². The van der Waals surface area contributed by atoms with E-state index in [-0.39, 0.29) is 0 Å². The maximum atomic E-state index is 3.19. The minimum atomic E-state index is 0.429. The molecule has 1 aliphatic rings. The Bertz CT molecular complexity index is 687. The molecule has 1 aromatic carbocycles. The fourth-order valence-corrected chi connectivity index (χ4v) is 3.78. The van der Waals surface area contributed by atoms with E-state index in [1.54, 1.807) is 0 Å². The van der Waals surface area contributed by atoms with Crippen LogP contribution in [0.1, 0.15) is 63.1 Å². The highest BCUT2D eigenvalue weighted by molar-refractivity contribution is 5.43. The van der Waals surface area contributed by atoms with Crippen molar-refractivity contribution in [3.63, 3.8) is 0 Å². The zero-order valence-corrected chi connectivity index (χ0v) is 16.8. The van der Waals surface area contributed by atoms with E-state index in [4.69, 9.17) is 0 Å². The van der Waals surface area contributed by atoms with Crippen LogP contribution in [0.2, 0.25) is 0 Å². The number of rotatable bonds is 7. The Morgan fingerprint density at radius 1 is 1.08 bits per heavy atom. The molecule has 0 saturated heterocycles. The molecule has 0 amide bonds. The average Bonchev–Trinajstić information content (AvgIpc) is 2.82. The van der Waals surface area contributed by atoms with E-state index in [1.807, 2.05) is 6.08 Å². The summed E-state index contributed by atoms with van der Waals surface area (Å²) in [5.41, 5.74) is 5.59. The SMILES string of the molecule is Cc1ccc(C)c(C(CCN(C(C)C)C(C)C)C2=CCC#CC=C2)c1. The highest BCUT2D eigenvalue weighted by Crippen LogP contribution is 2.33. The summed E-state index contributed by atoms with van der Waals surface area (Å²) in [7, 11) is 0. The van der Waals surface area contributed by atoms with Gasteiger partial charge in [-0.15, -0.1) is 0 Å². The van der Waals surface area contributed by atoms with Gasteiger partial charge in [-0.1, -0.05) is 47.8 Å². The number of hydrogen-bond acceptors (Lipinski definition) is 1. The van der Waals surface area contributed by atoms with Crippen molar-refractivity contribution in [2.24, 2.45) is 0 Å². The molecule has 1 heteroatoms. The van der Waals surface area contributed by atoms with Crippen molar-refractivity contribution in [1.29, 1.82) is 0 Å². The highest BCUT2D eigenvalue weighted by Gasteiger charge is 2.21. The number of allylic oxidation sites excluding steroid dienone is 4. The molecule has 1 aliphatic carbocycles. The maximum Gasteiger partial charge on any atom is 0.0279 e. The molecule has 1 aromatic rings. The number of hydrogen-bond donors (Lipinski definition) is 0. The van der Waals surface area contributed by atoms with Crippen LogP contribution in [-0.2, 0) is 0 Å². The largest absolute Gasteiger partial charge is 0.299 e. The molecule has 1 unspecified atom stereocenters. The standard InChI is InChI=1S/C24H33N/c1-18(2)25(19(3)4)16-15-23(22-11-9-7-8-10-12-22)24-17-20(5)13-14-21(24)6/h9,11-14,17-19,23H,10,15-16H2,1-6H3. The van der Waals surface area contributed by atoms with Gasteiger partial charge in [0.15, 0.2) is 0 Å². The Kier molecular flexibility index (Phi) is 7.09. The summed E-state index contributed by atoms with van der Waals surface area (Å²) in [6.07, 6.45) is 8.54. The van der Waals surface area contributed by atoms with Gasteiger partial charge in [0, 0.05) is 24.4 Å². The molecule has 0 aliphatic heterocycles. The third-order valence-electron chi connectivity index (χ3n) is 5.12. The third-order valence-corrected chi connectivity index (χ3v) is 5.12. The molecule has 0 heterocycles. The van der Waals surface area contributed by atoms with Crippen LogP contribution in [0.4, 0.5) is 0 Å². The Balaban J connectivity index is 2.32. The normalized spacial score (nSPS) is 15.2. The zero-order valence-electron chi connectivity index (χ0n) is 16.8. The van der Waals surface area contributed by atoms with Gasteiger partial charge in [-0.05, 0) is 77.3 Å². The predicted octanol–water partition coefficient (Wildman–Crippen LogP) is 5.79. The van der Waals surface area contributed by atoms with Gasteiger partial charge in [0.1, 0.15) is 0 Å². The smallest absolute Gasteiger partial charge is 0.0279 e. The molecule has 0 bridgehead atoms. The predicted molar refractivity (Wildman–Crippen MR) is 110 cm³/mol. The van der Waals surface area contributed by atoms with Gasteiger partial charge >= 0.3 is 0 Å². The molecule has 1 nitrogen and oxygen atoms in total. The maximum absolute atomic E-state index is 3.19. The van der Waals surface area contributed by atoms with Gasteiger partial charge in [-0.2, -0.15) is 0 Å². The number of benzene rings is 1. The molecule has 0 N–H and O–H groups in total. The van der Waals surface area contributed by atoms with E-state index in [0.29, 0.717) is 18.0 Å². The van der Waals surface area contributed by atoms with Crippen molar-refractivity contribution in [2.75, 3.05) is 6.54 Å². The van der Waals surface area contributed by atoms with Crippen LogP contribution in [0.25, 0.3) is 0 Å². The lowest BCUT2D eigenvalue weighted by Crippen LogP contribution is -2.38. The minimum absolute atomic E-state index is 0.429. The van der Waals surface area contributed by atoms with Crippen LogP contribution < -0.4 is 0 Å². The van der Waals surface area contributed by atoms with Crippen LogP contribution in [-0.4, -0.2) is 23.5 Å². The molecule has 0 aromatic heterocycles. The lowest BCUT2D eigenvalue weighted by atomic mass is 9.84. The Hall–Kier alpha value is -1.78. The molecule has 1 atom stereocenters. The topological polar surface area (TPSA) is 3.24 Å². The Morgan fingerprint density at radius 2 is 1.80 bits per heavy atom. The van der Waals surface area contributed by atoms with Crippen molar-refractivity contribution in [3.8, 4) is 11.8 Å². The molecular weight excluding hydrogens is 302 g/mol. The van der Waals surface area contributed by atoms with Gasteiger partial charge in [-0.25, -0.2) is 0 Å². The quantitative estimate of drug-likeness (QED) is 0.570. The van der Waals surface area contributed by atoms with Crippen molar-refractivity contribution >= 4 is 0 Å². The van der Waals surface area contributed by atoms with Gasteiger partial charge in [0.25, 0.3) is 0 Å². The summed E-state index contributed by atoms with van der Waals surface area (Å²) < 4.78 is 0. The molecule has 134 valence electrons. The van der Waals surface area contributed by atoms with E-state index in [0.717, 1.165) is 19.4 Å². The summed E-state index contributed by atoms with van der Waals surface area (Å²) in [6, 6.07) is 7.99. The lowest BCUT2D eigenvalue weighted by Gasteiger charge is -2.32.